The number of H-pyrrole nitrogens is 1. The van der Waals surface area contributed by atoms with Crippen molar-refractivity contribution in [1.82, 2.24) is 15.5 Å². The second kappa shape index (κ2) is 7.11. The maximum atomic E-state index is 11.9. The first-order valence-electron chi connectivity index (χ1n) is 9.64. The first-order valence-corrected chi connectivity index (χ1v) is 10.0. The first-order chi connectivity index (χ1) is 13.7. The van der Waals surface area contributed by atoms with Crippen molar-refractivity contribution in [2.45, 2.75) is 6.54 Å². The van der Waals surface area contributed by atoms with Crippen molar-refractivity contribution in [2.75, 3.05) is 36.4 Å². The molecule has 3 N–H and O–H groups in total. The summed E-state index contributed by atoms with van der Waals surface area (Å²) in [6.45, 7) is 5.21. The molecule has 3 aromatic rings. The zero-order valence-electron chi connectivity index (χ0n) is 15.4. The van der Waals surface area contributed by atoms with Crippen molar-refractivity contribution in [3.05, 3.63) is 63.5 Å². The summed E-state index contributed by atoms with van der Waals surface area (Å²) >= 11 is 6.16. The Bertz CT molecular complexity index is 1070. The van der Waals surface area contributed by atoms with Gasteiger partial charge in [0.05, 0.1) is 5.39 Å². The van der Waals surface area contributed by atoms with Gasteiger partial charge >= 0.3 is 0 Å². The van der Waals surface area contributed by atoms with Crippen LogP contribution in [0.2, 0.25) is 5.15 Å². The molecule has 2 aliphatic rings. The van der Waals surface area contributed by atoms with E-state index >= 15 is 0 Å². The number of para-hydroxylation sites is 1. The fraction of sp³-hybridized carbons (Fsp3) is 0.333. The lowest BCUT2D eigenvalue weighted by Crippen LogP contribution is -2.26. The average Bonchev–Trinajstić information content (AvgIpc) is 3.32. The molecule has 2 unspecified atom stereocenters. The number of benzene rings is 2. The Balaban J connectivity index is 1.37. The largest absolute Gasteiger partial charge is 0.381 e. The van der Waals surface area contributed by atoms with Crippen LogP contribution in [-0.2, 0) is 6.54 Å². The second-order valence-electron chi connectivity index (χ2n) is 7.67. The molecule has 0 aliphatic carbocycles. The third-order valence-electron chi connectivity index (χ3n) is 5.95. The van der Waals surface area contributed by atoms with E-state index in [1.807, 2.05) is 12.1 Å². The SMILES string of the molecule is O=c1[nH]nc(Cl)c2cc(NCc3ccccc3N3CC4CNCC4C3)ccc12. The second-order valence-corrected chi connectivity index (χ2v) is 8.03. The van der Waals surface area contributed by atoms with Gasteiger partial charge in [-0.15, -0.1) is 0 Å². The highest BCUT2D eigenvalue weighted by molar-refractivity contribution is 6.34. The van der Waals surface area contributed by atoms with Gasteiger partial charge < -0.3 is 15.5 Å². The molecule has 2 aliphatic heterocycles. The third-order valence-corrected chi connectivity index (χ3v) is 6.23. The monoisotopic (exact) mass is 395 g/mol. The van der Waals surface area contributed by atoms with Gasteiger partial charge in [0.2, 0.25) is 0 Å². The maximum Gasteiger partial charge on any atom is 0.272 e. The minimum Gasteiger partial charge on any atom is -0.381 e. The zero-order chi connectivity index (χ0) is 19.1. The first kappa shape index (κ1) is 17.5. The van der Waals surface area contributed by atoms with Crippen LogP contribution >= 0.6 is 11.6 Å². The van der Waals surface area contributed by atoms with Gasteiger partial charge in [-0.3, -0.25) is 4.79 Å². The van der Waals surface area contributed by atoms with Gasteiger partial charge in [-0.25, -0.2) is 5.10 Å². The van der Waals surface area contributed by atoms with Crippen molar-refractivity contribution in [3.63, 3.8) is 0 Å². The van der Waals surface area contributed by atoms with Crippen LogP contribution in [0.1, 0.15) is 5.56 Å². The van der Waals surface area contributed by atoms with Crippen molar-refractivity contribution < 1.29 is 0 Å². The van der Waals surface area contributed by atoms with E-state index in [1.54, 1.807) is 6.07 Å². The van der Waals surface area contributed by atoms with Crippen LogP contribution < -0.4 is 21.1 Å². The summed E-state index contributed by atoms with van der Waals surface area (Å²) in [5.41, 5.74) is 3.26. The summed E-state index contributed by atoms with van der Waals surface area (Å²) in [7, 11) is 0. The average molecular weight is 396 g/mol. The summed E-state index contributed by atoms with van der Waals surface area (Å²) in [5, 5.41) is 14.7. The third kappa shape index (κ3) is 3.12. The molecule has 1 aromatic heterocycles. The molecule has 7 heteroatoms. The van der Waals surface area contributed by atoms with Gasteiger partial charge in [-0.2, -0.15) is 5.10 Å². The maximum absolute atomic E-state index is 11.9. The highest BCUT2D eigenvalue weighted by Gasteiger charge is 2.36. The molecule has 144 valence electrons. The Morgan fingerprint density at radius 1 is 1.11 bits per heavy atom. The van der Waals surface area contributed by atoms with E-state index in [0.29, 0.717) is 22.5 Å². The normalized spacial score (nSPS) is 21.2. The summed E-state index contributed by atoms with van der Waals surface area (Å²) < 4.78 is 0. The summed E-state index contributed by atoms with van der Waals surface area (Å²) in [6, 6.07) is 14.2. The standard InChI is InChI=1S/C21H22ClN5O/c22-20-18-7-16(5-6-17(18)21(28)26-25-20)24-10-13-3-1-2-4-19(13)27-11-14-8-23-9-15(14)12-27/h1-7,14-15,23-24H,8-12H2,(H,26,28). The van der Waals surface area contributed by atoms with Gasteiger partial charge in [-0.05, 0) is 41.7 Å². The highest BCUT2D eigenvalue weighted by atomic mass is 35.5. The van der Waals surface area contributed by atoms with E-state index in [9.17, 15) is 4.79 Å². The van der Waals surface area contributed by atoms with Crippen LogP contribution in [0.4, 0.5) is 11.4 Å². The van der Waals surface area contributed by atoms with Gasteiger partial charge in [0.1, 0.15) is 0 Å². The number of aromatic nitrogens is 2. The van der Waals surface area contributed by atoms with Gasteiger partial charge in [0.25, 0.3) is 5.56 Å². The number of halogens is 1. The fourth-order valence-electron chi connectivity index (χ4n) is 4.46. The summed E-state index contributed by atoms with van der Waals surface area (Å²) in [5.74, 6) is 1.52. The molecule has 28 heavy (non-hydrogen) atoms. The molecule has 5 rings (SSSR count). The van der Waals surface area contributed by atoms with Gasteiger partial charge in [-0.1, -0.05) is 29.8 Å². The van der Waals surface area contributed by atoms with Crippen LogP contribution in [-0.4, -0.2) is 36.4 Å². The molecular formula is C21H22ClN5O. The van der Waals surface area contributed by atoms with E-state index in [4.69, 9.17) is 11.6 Å². The van der Waals surface area contributed by atoms with E-state index in [2.05, 4.69) is 50.0 Å². The molecule has 2 atom stereocenters. The number of nitrogens with zero attached hydrogens (tertiary/aromatic N) is 2. The molecule has 6 nitrogen and oxygen atoms in total. The van der Waals surface area contributed by atoms with Crippen LogP contribution in [0.5, 0.6) is 0 Å². The van der Waals surface area contributed by atoms with Crippen LogP contribution in [0.15, 0.2) is 47.3 Å². The Morgan fingerprint density at radius 2 is 1.89 bits per heavy atom. The minimum atomic E-state index is -0.231. The molecule has 2 saturated heterocycles. The molecule has 0 bridgehead atoms. The summed E-state index contributed by atoms with van der Waals surface area (Å²) in [6.07, 6.45) is 0. The predicted molar refractivity (Wildman–Crippen MR) is 113 cm³/mol. The number of anilines is 2. The number of nitrogens with one attached hydrogen (secondary N) is 3. The zero-order valence-corrected chi connectivity index (χ0v) is 16.2. The minimum absolute atomic E-state index is 0.231. The number of hydrogen-bond donors (Lipinski definition) is 3. The Kier molecular flexibility index (Phi) is 4.45. The molecular weight excluding hydrogens is 374 g/mol. The molecule has 3 heterocycles. The van der Waals surface area contributed by atoms with E-state index < -0.39 is 0 Å². The van der Waals surface area contributed by atoms with Crippen molar-refractivity contribution >= 4 is 33.7 Å². The molecule has 2 aromatic carbocycles. The van der Waals surface area contributed by atoms with Crippen LogP contribution in [0.25, 0.3) is 10.8 Å². The number of rotatable bonds is 4. The van der Waals surface area contributed by atoms with E-state index in [1.165, 1.54) is 11.3 Å². The Hall–Kier alpha value is -2.57. The lowest BCUT2D eigenvalue weighted by atomic mass is 10.0. The highest BCUT2D eigenvalue weighted by Crippen LogP contribution is 2.32. The number of hydrogen-bond acceptors (Lipinski definition) is 5. The number of fused-ring (bicyclic) bond motifs is 2. The molecule has 2 fully saturated rings. The molecule has 0 amide bonds. The van der Waals surface area contributed by atoms with Crippen molar-refractivity contribution in [1.29, 1.82) is 0 Å². The van der Waals surface area contributed by atoms with Crippen molar-refractivity contribution in [3.8, 4) is 0 Å². The fourth-order valence-corrected chi connectivity index (χ4v) is 4.66. The smallest absolute Gasteiger partial charge is 0.272 e. The van der Waals surface area contributed by atoms with Crippen LogP contribution in [0.3, 0.4) is 0 Å². The summed E-state index contributed by atoms with van der Waals surface area (Å²) in [4.78, 5) is 14.4. The molecule has 0 spiro atoms. The van der Waals surface area contributed by atoms with Gasteiger partial charge in [0.15, 0.2) is 5.15 Å². The quantitative estimate of drug-likeness (QED) is 0.633. The van der Waals surface area contributed by atoms with Crippen molar-refractivity contribution in [2.24, 2.45) is 11.8 Å². The Labute approximate surface area is 167 Å². The topological polar surface area (TPSA) is 73.0 Å². The van der Waals surface area contributed by atoms with E-state index in [0.717, 1.165) is 43.7 Å². The van der Waals surface area contributed by atoms with Crippen LogP contribution in [0, 0.1) is 11.8 Å². The Morgan fingerprint density at radius 3 is 2.71 bits per heavy atom. The lowest BCUT2D eigenvalue weighted by Gasteiger charge is -2.23. The van der Waals surface area contributed by atoms with Gasteiger partial charge in [0, 0.05) is 49.5 Å². The number of aromatic amines is 1. The molecule has 0 radical (unpaired) electrons. The van der Waals surface area contributed by atoms with E-state index in [-0.39, 0.29) is 5.56 Å². The molecule has 0 saturated carbocycles. The predicted octanol–water partition coefficient (Wildman–Crippen LogP) is 2.84. The lowest BCUT2D eigenvalue weighted by molar-refractivity contribution is 0.533.